The molecule has 28 heavy (non-hydrogen) atoms. The Morgan fingerprint density at radius 1 is 1.04 bits per heavy atom. The monoisotopic (exact) mass is 372 g/mol. The molecule has 0 saturated carbocycles. The van der Waals surface area contributed by atoms with E-state index in [4.69, 9.17) is 5.26 Å². The van der Waals surface area contributed by atoms with Crippen molar-refractivity contribution < 1.29 is 4.79 Å². The van der Waals surface area contributed by atoms with Gasteiger partial charge in [-0.05, 0) is 42.5 Å². The molecule has 0 spiro atoms. The molecule has 0 aliphatic rings. The van der Waals surface area contributed by atoms with Crippen LogP contribution in [0.2, 0.25) is 0 Å². The Hall–Kier alpha value is -3.39. The molecule has 1 aromatic heterocycles. The summed E-state index contributed by atoms with van der Waals surface area (Å²) in [4.78, 5) is 16.3. The van der Waals surface area contributed by atoms with Crippen molar-refractivity contribution in [1.29, 1.82) is 5.26 Å². The average molecular weight is 372 g/mol. The Morgan fingerprint density at radius 3 is 2.57 bits per heavy atom. The van der Waals surface area contributed by atoms with E-state index >= 15 is 0 Å². The number of aromatic nitrogens is 2. The number of carbonyl (C=O) groups is 1. The molecule has 142 valence electrons. The van der Waals surface area contributed by atoms with Crippen LogP contribution in [0.5, 0.6) is 0 Å². The van der Waals surface area contributed by atoms with Crippen LogP contribution in [0.1, 0.15) is 35.2 Å². The van der Waals surface area contributed by atoms with Crippen molar-refractivity contribution in [3.8, 4) is 6.07 Å². The number of rotatable bonds is 9. The van der Waals surface area contributed by atoms with Gasteiger partial charge in [0.15, 0.2) is 0 Å². The number of hydrogen-bond donors (Lipinski definition) is 1. The first-order chi connectivity index (χ1) is 13.7. The van der Waals surface area contributed by atoms with Crippen LogP contribution in [0, 0.1) is 11.3 Å². The van der Waals surface area contributed by atoms with E-state index < -0.39 is 0 Å². The summed E-state index contributed by atoms with van der Waals surface area (Å²) in [5, 5.41) is 11.9. The Labute approximate surface area is 165 Å². The summed E-state index contributed by atoms with van der Waals surface area (Å²) in [7, 11) is 0. The summed E-state index contributed by atoms with van der Waals surface area (Å²) in [6, 6.07) is 19.9. The molecule has 0 radical (unpaired) electrons. The molecule has 0 saturated heterocycles. The minimum absolute atomic E-state index is 0.0687. The summed E-state index contributed by atoms with van der Waals surface area (Å²) in [6.45, 7) is 1.37. The topological polar surface area (TPSA) is 70.7 Å². The number of imidazole rings is 1. The van der Waals surface area contributed by atoms with E-state index in [0.717, 1.165) is 24.1 Å². The molecule has 0 aliphatic carbocycles. The molecule has 0 aliphatic heterocycles. The minimum Gasteiger partial charge on any atom is -0.356 e. The Bertz CT molecular complexity index is 923. The predicted octanol–water partition coefficient (Wildman–Crippen LogP) is 3.48. The van der Waals surface area contributed by atoms with E-state index in [1.807, 2.05) is 53.2 Å². The summed E-state index contributed by atoms with van der Waals surface area (Å²) in [5.41, 5.74) is 4.08. The van der Waals surface area contributed by atoms with Crippen LogP contribution in [0.3, 0.4) is 0 Å². The first kappa shape index (κ1) is 19.4. The summed E-state index contributed by atoms with van der Waals surface area (Å²) < 4.78 is 2.05. The molecule has 1 N–H and O–H groups in total. The van der Waals surface area contributed by atoms with Gasteiger partial charge in [0.1, 0.15) is 0 Å². The highest BCUT2D eigenvalue weighted by Crippen LogP contribution is 2.10. The molecule has 5 heteroatoms. The van der Waals surface area contributed by atoms with E-state index in [0.29, 0.717) is 31.5 Å². The number of nitriles is 1. The SMILES string of the molecule is N#Cc1ccc(Cn2cncc2CCC(=O)NCCCc2ccccc2)cc1. The van der Waals surface area contributed by atoms with E-state index in [2.05, 4.69) is 28.5 Å². The number of hydrogen-bond acceptors (Lipinski definition) is 3. The van der Waals surface area contributed by atoms with Gasteiger partial charge in [-0.15, -0.1) is 0 Å². The fourth-order valence-corrected chi connectivity index (χ4v) is 3.08. The third-order valence-corrected chi connectivity index (χ3v) is 4.65. The zero-order valence-electron chi connectivity index (χ0n) is 15.8. The van der Waals surface area contributed by atoms with Gasteiger partial charge in [-0.3, -0.25) is 4.79 Å². The molecule has 3 rings (SSSR count). The van der Waals surface area contributed by atoms with Crippen molar-refractivity contribution in [2.24, 2.45) is 0 Å². The van der Waals surface area contributed by atoms with E-state index in [1.165, 1.54) is 5.56 Å². The third-order valence-electron chi connectivity index (χ3n) is 4.65. The zero-order chi connectivity index (χ0) is 19.6. The molecule has 2 aromatic carbocycles. The van der Waals surface area contributed by atoms with E-state index in [1.54, 1.807) is 6.33 Å². The number of benzene rings is 2. The first-order valence-corrected chi connectivity index (χ1v) is 9.53. The fraction of sp³-hybridized carbons (Fsp3) is 0.261. The van der Waals surface area contributed by atoms with Gasteiger partial charge in [0.25, 0.3) is 0 Å². The van der Waals surface area contributed by atoms with Crippen LogP contribution in [-0.2, 0) is 24.2 Å². The largest absolute Gasteiger partial charge is 0.356 e. The molecule has 0 bridgehead atoms. The van der Waals surface area contributed by atoms with Gasteiger partial charge in [0.2, 0.25) is 5.91 Å². The highest BCUT2D eigenvalue weighted by atomic mass is 16.1. The number of carbonyl (C=O) groups excluding carboxylic acids is 1. The van der Waals surface area contributed by atoms with Gasteiger partial charge < -0.3 is 9.88 Å². The standard InChI is InChI=1S/C23H24N4O/c24-15-20-8-10-21(11-9-20)17-27-18-25-16-22(27)12-13-23(28)26-14-4-7-19-5-2-1-3-6-19/h1-3,5-6,8-11,16,18H,4,7,12-14,17H2,(H,26,28). The van der Waals surface area contributed by atoms with Crippen LogP contribution in [0.15, 0.2) is 67.1 Å². The number of nitrogens with zero attached hydrogens (tertiary/aromatic N) is 3. The van der Waals surface area contributed by atoms with E-state index in [-0.39, 0.29) is 5.91 Å². The van der Waals surface area contributed by atoms with Gasteiger partial charge in [0.05, 0.1) is 18.0 Å². The van der Waals surface area contributed by atoms with Crippen LogP contribution < -0.4 is 5.32 Å². The lowest BCUT2D eigenvalue weighted by Crippen LogP contribution is -2.25. The van der Waals surface area contributed by atoms with Crippen LogP contribution in [0.25, 0.3) is 0 Å². The van der Waals surface area contributed by atoms with Crippen molar-refractivity contribution in [2.45, 2.75) is 32.2 Å². The quantitative estimate of drug-likeness (QED) is 0.585. The molecule has 0 fully saturated rings. The minimum atomic E-state index is 0.0687. The Morgan fingerprint density at radius 2 is 1.82 bits per heavy atom. The van der Waals surface area contributed by atoms with Gasteiger partial charge >= 0.3 is 0 Å². The molecule has 5 nitrogen and oxygen atoms in total. The van der Waals surface area contributed by atoms with Gasteiger partial charge in [-0.2, -0.15) is 5.26 Å². The molecular formula is C23H24N4O. The smallest absolute Gasteiger partial charge is 0.220 e. The molecule has 1 amide bonds. The van der Waals surface area contributed by atoms with Gasteiger partial charge in [-0.25, -0.2) is 4.98 Å². The molecular weight excluding hydrogens is 348 g/mol. The lowest BCUT2D eigenvalue weighted by atomic mass is 10.1. The van der Waals surface area contributed by atoms with Crippen molar-refractivity contribution in [3.05, 3.63) is 89.5 Å². The van der Waals surface area contributed by atoms with Crippen molar-refractivity contribution in [3.63, 3.8) is 0 Å². The van der Waals surface area contributed by atoms with Gasteiger partial charge in [-0.1, -0.05) is 42.5 Å². The average Bonchev–Trinajstić information content (AvgIpc) is 3.18. The second-order valence-corrected chi connectivity index (χ2v) is 6.76. The maximum absolute atomic E-state index is 12.1. The highest BCUT2D eigenvalue weighted by molar-refractivity contribution is 5.76. The third kappa shape index (κ3) is 5.82. The number of amides is 1. The van der Waals surface area contributed by atoms with Crippen LogP contribution in [-0.4, -0.2) is 22.0 Å². The summed E-state index contributed by atoms with van der Waals surface area (Å²) in [5.74, 6) is 0.0687. The Balaban J connectivity index is 1.41. The molecule has 3 aromatic rings. The second kappa shape index (κ2) is 10.1. The molecule has 1 heterocycles. The van der Waals surface area contributed by atoms with Crippen molar-refractivity contribution in [2.75, 3.05) is 6.54 Å². The predicted molar refractivity (Wildman–Crippen MR) is 109 cm³/mol. The lowest BCUT2D eigenvalue weighted by Gasteiger charge is -2.09. The lowest BCUT2D eigenvalue weighted by molar-refractivity contribution is -0.121. The molecule has 0 atom stereocenters. The van der Waals surface area contributed by atoms with Crippen molar-refractivity contribution >= 4 is 5.91 Å². The van der Waals surface area contributed by atoms with Gasteiger partial charge in [0, 0.05) is 31.4 Å². The fourth-order valence-electron chi connectivity index (χ4n) is 3.08. The van der Waals surface area contributed by atoms with Crippen molar-refractivity contribution in [1.82, 2.24) is 14.9 Å². The van der Waals surface area contributed by atoms with E-state index in [9.17, 15) is 4.79 Å². The first-order valence-electron chi connectivity index (χ1n) is 9.53. The number of aryl methyl sites for hydroxylation is 2. The number of nitrogens with one attached hydrogen (secondary N) is 1. The molecule has 0 unspecified atom stereocenters. The van der Waals surface area contributed by atoms with Crippen LogP contribution in [0.4, 0.5) is 0 Å². The second-order valence-electron chi connectivity index (χ2n) is 6.76. The normalized spacial score (nSPS) is 10.4. The zero-order valence-corrected chi connectivity index (χ0v) is 15.8. The highest BCUT2D eigenvalue weighted by Gasteiger charge is 2.07. The maximum atomic E-state index is 12.1. The maximum Gasteiger partial charge on any atom is 0.220 e. The van der Waals surface area contributed by atoms with Crippen LogP contribution >= 0.6 is 0 Å². The summed E-state index contributed by atoms with van der Waals surface area (Å²) in [6.07, 6.45) is 6.60. The summed E-state index contributed by atoms with van der Waals surface area (Å²) >= 11 is 0. The Kier molecular flexibility index (Phi) is 6.97.